The number of nitrogens with zero attached hydrogens (tertiary/aromatic N) is 1. The van der Waals surface area contributed by atoms with Gasteiger partial charge in [-0.2, -0.15) is 0 Å². The number of methoxy groups -OCH3 is 1. The first-order chi connectivity index (χ1) is 8.60. The number of rotatable bonds is 4. The van der Waals surface area contributed by atoms with E-state index in [1.54, 1.807) is 7.11 Å². The summed E-state index contributed by atoms with van der Waals surface area (Å²) < 4.78 is 7.66. The van der Waals surface area contributed by atoms with Gasteiger partial charge in [0.05, 0.1) is 12.6 Å². The average Bonchev–Trinajstić information content (AvgIpc) is 2.63. The summed E-state index contributed by atoms with van der Waals surface area (Å²) in [6.07, 6.45) is 1.92. The van der Waals surface area contributed by atoms with Gasteiger partial charge in [0.1, 0.15) is 5.75 Å². The van der Waals surface area contributed by atoms with Gasteiger partial charge < -0.3 is 15.0 Å². The number of ether oxygens (including phenoxy) is 1. The molecule has 0 aliphatic rings. The van der Waals surface area contributed by atoms with Gasteiger partial charge in [0.15, 0.2) is 0 Å². The molecule has 0 saturated heterocycles. The van der Waals surface area contributed by atoms with Crippen LogP contribution in [0.5, 0.6) is 5.75 Å². The van der Waals surface area contributed by atoms with Crippen molar-refractivity contribution >= 4 is 10.9 Å². The fraction of sp³-hybridized carbons (Fsp3) is 0.467. The van der Waals surface area contributed by atoms with Crippen LogP contribution in [0.2, 0.25) is 0 Å². The fourth-order valence-electron chi connectivity index (χ4n) is 2.51. The van der Waals surface area contributed by atoms with Crippen LogP contribution in [0.25, 0.3) is 10.9 Å². The molecule has 1 heterocycles. The van der Waals surface area contributed by atoms with E-state index in [-0.39, 0.29) is 6.04 Å². The first kappa shape index (κ1) is 13.0. The number of fused-ring (bicyclic) bond motifs is 1. The molecule has 0 bridgehead atoms. The average molecular weight is 246 g/mol. The molecule has 3 nitrogen and oxygen atoms in total. The van der Waals surface area contributed by atoms with Crippen molar-refractivity contribution in [3.05, 3.63) is 29.5 Å². The summed E-state index contributed by atoms with van der Waals surface area (Å²) in [5.41, 5.74) is 9.89. The third-order valence-corrected chi connectivity index (χ3v) is 3.81. The summed E-state index contributed by atoms with van der Waals surface area (Å²) in [4.78, 5) is 0. The van der Waals surface area contributed by atoms with Gasteiger partial charge in [-0.3, -0.25) is 0 Å². The summed E-state index contributed by atoms with van der Waals surface area (Å²) in [7, 11) is 3.80. The molecule has 0 radical (unpaired) electrons. The smallest absolute Gasteiger partial charge is 0.143 e. The molecule has 0 spiro atoms. The van der Waals surface area contributed by atoms with Crippen molar-refractivity contribution < 1.29 is 4.74 Å². The third-order valence-electron chi connectivity index (χ3n) is 3.81. The maximum atomic E-state index is 6.10. The van der Waals surface area contributed by atoms with Crippen LogP contribution in [0.1, 0.15) is 24.6 Å². The molecule has 0 aliphatic carbocycles. The SMILES string of the molecule is CCC(N)Cc1c(C)n(C)c2c(OC)cccc12. The Morgan fingerprint density at radius 1 is 1.39 bits per heavy atom. The standard InChI is InChI=1S/C15H22N2O/c1-5-11(16)9-13-10(2)17(3)15-12(13)7-6-8-14(15)18-4/h6-8,11H,5,9,16H2,1-4H3. The van der Waals surface area contributed by atoms with Crippen molar-refractivity contribution in [2.45, 2.75) is 32.7 Å². The maximum Gasteiger partial charge on any atom is 0.143 e. The third kappa shape index (κ3) is 1.99. The monoisotopic (exact) mass is 246 g/mol. The molecule has 3 heteroatoms. The van der Waals surface area contributed by atoms with E-state index in [1.165, 1.54) is 16.6 Å². The van der Waals surface area contributed by atoms with E-state index in [0.29, 0.717) is 0 Å². The molecule has 0 fully saturated rings. The Bertz CT molecular complexity index is 557. The van der Waals surface area contributed by atoms with Crippen LogP contribution in [-0.4, -0.2) is 17.7 Å². The lowest BCUT2D eigenvalue weighted by atomic mass is 10.0. The number of hydrogen-bond acceptors (Lipinski definition) is 2. The van der Waals surface area contributed by atoms with Crippen LogP contribution >= 0.6 is 0 Å². The van der Waals surface area contributed by atoms with Crippen LogP contribution in [0.4, 0.5) is 0 Å². The van der Waals surface area contributed by atoms with Gasteiger partial charge in [0.2, 0.25) is 0 Å². The van der Waals surface area contributed by atoms with E-state index in [2.05, 4.69) is 31.5 Å². The zero-order chi connectivity index (χ0) is 13.3. The molecule has 1 atom stereocenters. The highest BCUT2D eigenvalue weighted by Gasteiger charge is 2.16. The Balaban J connectivity index is 2.63. The van der Waals surface area contributed by atoms with E-state index in [0.717, 1.165) is 24.1 Å². The number of nitrogens with two attached hydrogens (primary N) is 1. The van der Waals surface area contributed by atoms with Crippen LogP contribution in [-0.2, 0) is 13.5 Å². The normalized spacial score (nSPS) is 12.9. The van der Waals surface area contributed by atoms with Crippen molar-refractivity contribution in [3.8, 4) is 5.75 Å². The largest absolute Gasteiger partial charge is 0.495 e. The highest BCUT2D eigenvalue weighted by molar-refractivity contribution is 5.90. The zero-order valence-corrected chi connectivity index (χ0v) is 11.7. The van der Waals surface area contributed by atoms with E-state index in [4.69, 9.17) is 10.5 Å². The van der Waals surface area contributed by atoms with E-state index < -0.39 is 0 Å². The van der Waals surface area contributed by atoms with Crippen molar-refractivity contribution in [1.29, 1.82) is 0 Å². The molecule has 2 rings (SSSR count). The van der Waals surface area contributed by atoms with Crippen molar-refractivity contribution in [1.82, 2.24) is 4.57 Å². The number of benzene rings is 1. The summed E-state index contributed by atoms with van der Waals surface area (Å²) in [5, 5.41) is 1.26. The van der Waals surface area contributed by atoms with Gasteiger partial charge in [0.25, 0.3) is 0 Å². The second-order valence-electron chi connectivity index (χ2n) is 4.85. The van der Waals surface area contributed by atoms with Crippen LogP contribution in [0.3, 0.4) is 0 Å². The molecule has 1 unspecified atom stereocenters. The molecule has 0 amide bonds. The Labute approximate surface area is 109 Å². The minimum Gasteiger partial charge on any atom is -0.495 e. The van der Waals surface area contributed by atoms with E-state index >= 15 is 0 Å². The maximum absolute atomic E-state index is 6.10. The molecule has 98 valence electrons. The van der Waals surface area contributed by atoms with Crippen LogP contribution in [0.15, 0.2) is 18.2 Å². The molecule has 1 aromatic carbocycles. The summed E-state index contributed by atoms with van der Waals surface area (Å²) in [6, 6.07) is 6.43. The van der Waals surface area contributed by atoms with Crippen molar-refractivity contribution in [2.75, 3.05) is 7.11 Å². The van der Waals surface area contributed by atoms with Crippen LogP contribution < -0.4 is 10.5 Å². The number of para-hydroxylation sites is 1. The first-order valence-electron chi connectivity index (χ1n) is 6.46. The lowest BCUT2D eigenvalue weighted by Crippen LogP contribution is -2.21. The van der Waals surface area contributed by atoms with Crippen molar-refractivity contribution in [3.63, 3.8) is 0 Å². The summed E-state index contributed by atoms with van der Waals surface area (Å²) in [6.45, 7) is 4.28. The predicted octanol–water partition coefficient (Wildman–Crippen LogP) is 2.78. The molecule has 1 aromatic heterocycles. The molecule has 0 aliphatic heterocycles. The van der Waals surface area contributed by atoms with Gasteiger partial charge in [-0.1, -0.05) is 19.1 Å². The van der Waals surface area contributed by atoms with Crippen molar-refractivity contribution in [2.24, 2.45) is 12.8 Å². The molecule has 0 saturated carbocycles. The topological polar surface area (TPSA) is 40.2 Å². The second-order valence-corrected chi connectivity index (χ2v) is 4.85. The minimum absolute atomic E-state index is 0.223. The highest BCUT2D eigenvalue weighted by atomic mass is 16.5. The molecule has 2 aromatic rings. The molecule has 2 N–H and O–H groups in total. The lowest BCUT2D eigenvalue weighted by molar-refractivity contribution is 0.418. The quantitative estimate of drug-likeness (QED) is 0.901. The summed E-state index contributed by atoms with van der Waals surface area (Å²) >= 11 is 0. The van der Waals surface area contributed by atoms with Gasteiger partial charge >= 0.3 is 0 Å². The number of hydrogen-bond donors (Lipinski definition) is 1. The van der Waals surface area contributed by atoms with E-state index in [9.17, 15) is 0 Å². The van der Waals surface area contributed by atoms with E-state index in [1.807, 2.05) is 12.1 Å². The lowest BCUT2D eigenvalue weighted by Gasteiger charge is -2.09. The Morgan fingerprint density at radius 3 is 2.72 bits per heavy atom. The highest BCUT2D eigenvalue weighted by Crippen LogP contribution is 2.32. The first-order valence-corrected chi connectivity index (χ1v) is 6.46. The van der Waals surface area contributed by atoms with Gasteiger partial charge in [-0.15, -0.1) is 0 Å². The van der Waals surface area contributed by atoms with Gasteiger partial charge in [-0.05, 0) is 31.4 Å². The second kappa shape index (κ2) is 5.02. The van der Waals surface area contributed by atoms with Gasteiger partial charge in [-0.25, -0.2) is 0 Å². The van der Waals surface area contributed by atoms with Gasteiger partial charge in [0, 0.05) is 24.2 Å². The number of aromatic nitrogens is 1. The Kier molecular flexibility index (Phi) is 3.62. The number of aryl methyl sites for hydroxylation is 1. The minimum atomic E-state index is 0.223. The zero-order valence-electron chi connectivity index (χ0n) is 11.7. The fourth-order valence-corrected chi connectivity index (χ4v) is 2.51. The summed E-state index contributed by atoms with van der Waals surface area (Å²) in [5.74, 6) is 0.925. The predicted molar refractivity (Wildman–Crippen MR) is 76.2 cm³/mol. The molecular weight excluding hydrogens is 224 g/mol. The Hall–Kier alpha value is -1.48. The molecule has 18 heavy (non-hydrogen) atoms. The van der Waals surface area contributed by atoms with Crippen LogP contribution in [0, 0.1) is 6.92 Å². The molecular formula is C15H22N2O. The Morgan fingerprint density at radius 2 is 2.11 bits per heavy atom.